The van der Waals surface area contributed by atoms with Gasteiger partial charge in [0.2, 0.25) is 6.79 Å². The maximum atomic E-state index is 12.4. The molecule has 1 amide bonds. The second kappa shape index (κ2) is 6.40. The first kappa shape index (κ1) is 16.4. The van der Waals surface area contributed by atoms with Crippen molar-refractivity contribution in [3.63, 3.8) is 0 Å². The largest absolute Gasteiger partial charge is 0.454 e. The number of rotatable bonds is 3. The number of carbonyl (C=O) groups is 1. The van der Waals surface area contributed by atoms with Crippen LogP contribution in [0, 0.1) is 0 Å². The van der Waals surface area contributed by atoms with Crippen molar-refractivity contribution in [3.8, 4) is 11.5 Å². The number of nitrogens with one attached hydrogen (secondary N) is 1. The smallest absolute Gasteiger partial charge is 0.270 e. The van der Waals surface area contributed by atoms with Crippen molar-refractivity contribution in [2.45, 2.75) is 38.6 Å². The highest BCUT2D eigenvalue weighted by molar-refractivity contribution is 5.96. The second-order valence-corrected chi connectivity index (χ2v) is 7.35. The van der Waals surface area contributed by atoms with Crippen molar-refractivity contribution in [1.29, 1.82) is 0 Å². The van der Waals surface area contributed by atoms with Gasteiger partial charge in [0, 0.05) is 31.1 Å². The quantitative estimate of drug-likeness (QED) is 0.896. The predicted molar refractivity (Wildman–Crippen MR) is 99.5 cm³/mol. The van der Waals surface area contributed by atoms with Gasteiger partial charge in [-0.1, -0.05) is 6.07 Å². The number of nitrogens with zero attached hydrogens (tertiary/aromatic N) is 3. The molecule has 1 unspecified atom stereocenters. The Bertz CT molecular complexity index is 914. The maximum absolute atomic E-state index is 12.4. The summed E-state index contributed by atoms with van der Waals surface area (Å²) in [5.74, 6) is 3.01. The third-order valence-electron chi connectivity index (χ3n) is 5.53. The molecular weight excluding hydrogens is 344 g/mol. The molecule has 7 heteroatoms. The van der Waals surface area contributed by atoms with Crippen LogP contribution < -0.4 is 19.7 Å². The van der Waals surface area contributed by atoms with Gasteiger partial charge in [-0.3, -0.25) is 4.79 Å². The minimum Gasteiger partial charge on any atom is -0.454 e. The SMILES string of the molecule is CC1CCCN1c1nc(Cc2ccc3c(c2)OCO3)nc2c1CCNC2=O. The van der Waals surface area contributed by atoms with Gasteiger partial charge in [-0.25, -0.2) is 9.97 Å². The van der Waals surface area contributed by atoms with Crippen LogP contribution in [0.3, 0.4) is 0 Å². The van der Waals surface area contributed by atoms with Gasteiger partial charge in [-0.15, -0.1) is 0 Å². The van der Waals surface area contributed by atoms with E-state index < -0.39 is 0 Å². The Morgan fingerprint density at radius 1 is 1.26 bits per heavy atom. The van der Waals surface area contributed by atoms with Crippen LogP contribution in [0.4, 0.5) is 5.82 Å². The molecule has 5 rings (SSSR count). The highest BCUT2D eigenvalue weighted by atomic mass is 16.7. The zero-order valence-electron chi connectivity index (χ0n) is 15.3. The van der Waals surface area contributed by atoms with Crippen LogP contribution in [-0.2, 0) is 12.8 Å². The standard InChI is InChI=1S/C20H22N4O3/c1-12-3-2-8-24(12)19-14-6-7-21-20(25)18(14)22-17(23-19)10-13-4-5-15-16(9-13)27-11-26-15/h4-5,9,12H,2-3,6-8,10-11H2,1H3,(H,21,25). The molecule has 27 heavy (non-hydrogen) atoms. The van der Waals surface area contributed by atoms with Crippen molar-refractivity contribution >= 4 is 11.7 Å². The summed E-state index contributed by atoms with van der Waals surface area (Å²) in [4.78, 5) is 24.3. The molecule has 4 heterocycles. The molecule has 7 nitrogen and oxygen atoms in total. The molecule has 1 saturated heterocycles. The summed E-state index contributed by atoms with van der Waals surface area (Å²) < 4.78 is 10.8. The number of anilines is 1. The van der Waals surface area contributed by atoms with Gasteiger partial charge < -0.3 is 19.7 Å². The van der Waals surface area contributed by atoms with Gasteiger partial charge in [0.15, 0.2) is 11.5 Å². The number of carbonyl (C=O) groups excluding carboxylic acids is 1. The molecular formula is C20H22N4O3. The fourth-order valence-corrected chi connectivity index (χ4v) is 4.12. The van der Waals surface area contributed by atoms with Crippen LogP contribution in [0.15, 0.2) is 18.2 Å². The molecule has 2 aromatic rings. The van der Waals surface area contributed by atoms with Gasteiger partial charge in [-0.2, -0.15) is 0 Å². The topological polar surface area (TPSA) is 76.6 Å². The van der Waals surface area contributed by atoms with Crippen LogP contribution >= 0.6 is 0 Å². The fraction of sp³-hybridized carbons (Fsp3) is 0.450. The van der Waals surface area contributed by atoms with E-state index in [4.69, 9.17) is 14.5 Å². The third kappa shape index (κ3) is 2.87. The summed E-state index contributed by atoms with van der Waals surface area (Å²) in [5.41, 5.74) is 2.55. The van der Waals surface area contributed by atoms with E-state index in [0.717, 1.165) is 54.3 Å². The minimum absolute atomic E-state index is 0.0984. The minimum atomic E-state index is -0.0984. The number of hydrogen-bond donors (Lipinski definition) is 1. The number of hydrogen-bond acceptors (Lipinski definition) is 6. The Morgan fingerprint density at radius 3 is 3.00 bits per heavy atom. The molecule has 1 atom stereocenters. The number of amides is 1. The average molecular weight is 366 g/mol. The lowest BCUT2D eigenvalue weighted by atomic mass is 10.0. The lowest BCUT2D eigenvalue weighted by molar-refractivity contribution is 0.0940. The van der Waals surface area contributed by atoms with E-state index in [1.54, 1.807) is 0 Å². The Balaban J connectivity index is 1.54. The molecule has 3 aliphatic rings. The van der Waals surface area contributed by atoms with Crippen molar-refractivity contribution < 1.29 is 14.3 Å². The van der Waals surface area contributed by atoms with Crippen molar-refractivity contribution in [3.05, 3.63) is 40.8 Å². The van der Waals surface area contributed by atoms with Gasteiger partial charge in [0.25, 0.3) is 5.91 Å². The molecule has 140 valence electrons. The monoisotopic (exact) mass is 366 g/mol. The Hall–Kier alpha value is -2.83. The van der Waals surface area contributed by atoms with Crippen molar-refractivity contribution in [1.82, 2.24) is 15.3 Å². The third-order valence-corrected chi connectivity index (χ3v) is 5.53. The summed E-state index contributed by atoms with van der Waals surface area (Å²) in [6, 6.07) is 6.30. The second-order valence-electron chi connectivity index (χ2n) is 7.35. The van der Waals surface area contributed by atoms with E-state index in [1.807, 2.05) is 18.2 Å². The molecule has 3 aliphatic heterocycles. The molecule has 0 radical (unpaired) electrons. The number of benzene rings is 1. The molecule has 1 fully saturated rings. The number of aromatic nitrogens is 2. The molecule has 1 aromatic carbocycles. The zero-order chi connectivity index (χ0) is 18.4. The van der Waals surface area contributed by atoms with Crippen molar-refractivity contribution in [2.24, 2.45) is 0 Å². The zero-order valence-corrected chi connectivity index (χ0v) is 15.3. The summed E-state index contributed by atoms with van der Waals surface area (Å²) in [5, 5.41) is 2.91. The van der Waals surface area contributed by atoms with Crippen LogP contribution in [0.25, 0.3) is 0 Å². The highest BCUT2D eigenvalue weighted by Gasteiger charge is 2.30. The summed E-state index contributed by atoms with van der Waals surface area (Å²) in [6.45, 7) is 4.11. The molecule has 1 N–H and O–H groups in total. The van der Waals surface area contributed by atoms with Gasteiger partial charge >= 0.3 is 0 Å². The summed E-state index contributed by atoms with van der Waals surface area (Å²) >= 11 is 0. The molecule has 0 spiro atoms. The molecule has 0 saturated carbocycles. The van der Waals surface area contributed by atoms with Crippen LogP contribution in [0.2, 0.25) is 0 Å². The van der Waals surface area contributed by atoms with Gasteiger partial charge in [0.05, 0.1) is 0 Å². The fourth-order valence-electron chi connectivity index (χ4n) is 4.12. The predicted octanol–water partition coefficient (Wildman–Crippen LogP) is 2.07. The van der Waals surface area contributed by atoms with Crippen LogP contribution in [-0.4, -0.2) is 41.8 Å². The van der Waals surface area contributed by atoms with E-state index in [2.05, 4.69) is 22.1 Å². The summed E-state index contributed by atoms with van der Waals surface area (Å²) in [6.07, 6.45) is 3.64. The van der Waals surface area contributed by atoms with E-state index in [-0.39, 0.29) is 12.7 Å². The lowest BCUT2D eigenvalue weighted by Gasteiger charge is -2.28. The molecule has 0 bridgehead atoms. The first-order chi connectivity index (χ1) is 13.2. The Kier molecular flexibility index (Phi) is 3.88. The molecule has 1 aromatic heterocycles. The van der Waals surface area contributed by atoms with Gasteiger partial charge in [0.1, 0.15) is 17.3 Å². The van der Waals surface area contributed by atoms with Gasteiger partial charge in [-0.05, 0) is 43.9 Å². The Labute approximate surface area is 157 Å². The first-order valence-electron chi connectivity index (χ1n) is 9.52. The number of fused-ring (bicyclic) bond motifs is 2. The van der Waals surface area contributed by atoms with E-state index in [1.165, 1.54) is 0 Å². The lowest BCUT2D eigenvalue weighted by Crippen LogP contribution is -2.37. The number of ether oxygens (including phenoxy) is 2. The Morgan fingerprint density at radius 2 is 2.15 bits per heavy atom. The van der Waals surface area contributed by atoms with Crippen LogP contribution in [0.5, 0.6) is 11.5 Å². The average Bonchev–Trinajstić information content (AvgIpc) is 3.30. The van der Waals surface area contributed by atoms with Crippen molar-refractivity contribution in [2.75, 3.05) is 24.8 Å². The van der Waals surface area contributed by atoms with E-state index >= 15 is 0 Å². The van der Waals surface area contributed by atoms with E-state index in [9.17, 15) is 4.79 Å². The van der Waals surface area contributed by atoms with E-state index in [0.29, 0.717) is 30.5 Å². The summed E-state index contributed by atoms with van der Waals surface area (Å²) in [7, 11) is 0. The molecule has 0 aliphatic carbocycles. The maximum Gasteiger partial charge on any atom is 0.270 e. The van der Waals surface area contributed by atoms with Crippen LogP contribution in [0.1, 0.15) is 47.2 Å². The first-order valence-corrected chi connectivity index (χ1v) is 9.52. The highest BCUT2D eigenvalue weighted by Crippen LogP contribution is 2.34. The normalized spacial score (nSPS) is 20.6.